The number of benzene rings is 2. The number of para-hydroxylation sites is 1. The molecular formula is C17H12BrNO3. The van der Waals surface area contributed by atoms with Crippen molar-refractivity contribution >= 4 is 39.4 Å². The van der Waals surface area contributed by atoms with Crippen LogP contribution < -0.4 is 4.90 Å². The molecule has 5 heteroatoms. The number of ketones is 1. The number of phenolic OH excluding ortho intramolecular Hbond substituents is 1. The van der Waals surface area contributed by atoms with Crippen LogP contribution in [0.5, 0.6) is 5.75 Å². The molecule has 0 saturated carbocycles. The molecule has 0 spiro atoms. The fraction of sp³-hybridized carbons (Fsp3) is 0.0588. The van der Waals surface area contributed by atoms with Gasteiger partial charge in [0.15, 0.2) is 0 Å². The molecule has 1 aliphatic rings. The Kier molecular flexibility index (Phi) is 3.58. The standard InChI is InChI=1S/C17H12BrNO3/c1-10(20)19-14-7-6-12(18)9-13(14)17(22)15(19)8-11-4-2-3-5-16(11)21/h2-9,21H,1H3. The van der Waals surface area contributed by atoms with Crippen molar-refractivity contribution in [2.75, 3.05) is 4.90 Å². The zero-order chi connectivity index (χ0) is 15.9. The number of rotatable bonds is 1. The van der Waals surface area contributed by atoms with E-state index in [2.05, 4.69) is 15.9 Å². The molecule has 22 heavy (non-hydrogen) atoms. The molecule has 3 rings (SSSR count). The lowest BCUT2D eigenvalue weighted by molar-refractivity contribution is -0.116. The van der Waals surface area contributed by atoms with Crippen molar-refractivity contribution in [1.82, 2.24) is 0 Å². The highest BCUT2D eigenvalue weighted by atomic mass is 79.9. The predicted octanol–water partition coefficient (Wildman–Crippen LogP) is 3.75. The minimum atomic E-state index is -0.254. The summed E-state index contributed by atoms with van der Waals surface area (Å²) in [5.41, 5.74) is 1.75. The number of aromatic hydroxyl groups is 1. The summed E-state index contributed by atoms with van der Waals surface area (Å²) in [7, 11) is 0. The van der Waals surface area contributed by atoms with Gasteiger partial charge in [-0.15, -0.1) is 0 Å². The molecule has 0 bridgehead atoms. The number of hydrogen-bond acceptors (Lipinski definition) is 3. The fourth-order valence-corrected chi connectivity index (χ4v) is 2.84. The highest BCUT2D eigenvalue weighted by Crippen LogP contribution is 2.37. The molecule has 1 N–H and O–H groups in total. The summed E-state index contributed by atoms with van der Waals surface area (Å²) in [5, 5.41) is 9.88. The van der Waals surface area contributed by atoms with Crippen LogP contribution in [0.2, 0.25) is 0 Å². The number of allylic oxidation sites excluding steroid dienone is 1. The number of carbonyl (C=O) groups is 2. The topological polar surface area (TPSA) is 57.6 Å². The fourth-order valence-electron chi connectivity index (χ4n) is 2.48. The monoisotopic (exact) mass is 357 g/mol. The van der Waals surface area contributed by atoms with Crippen LogP contribution in [0.4, 0.5) is 5.69 Å². The molecule has 0 aromatic heterocycles. The summed E-state index contributed by atoms with van der Waals surface area (Å²) in [6.45, 7) is 1.41. The summed E-state index contributed by atoms with van der Waals surface area (Å²) in [4.78, 5) is 26.0. The maximum absolute atomic E-state index is 12.6. The minimum Gasteiger partial charge on any atom is -0.507 e. The molecule has 1 heterocycles. The van der Waals surface area contributed by atoms with Crippen molar-refractivity contribution in [3.63, 3.8) is 0 Å². The van der Waals surface area contributed by atoms with E-state index in [4.69, 9.17) is 0 Å². The van der Waals surface area contributed by atoms with Gasteiger partial charge < -0.3 is 5.11 Å². The first-order chi connectivity index (χ1) is 10.5. The van der Waals surface area contributed by atoms with Crippen molar-refractivity contribution in [2.24, 2.45) is 0 Å². The number of Topliss-reactive ketones (excluding diaryl/α,β-unsaturated/α-hetero) is 1. The van der Waals surface area contributed by atoms with Gasteiger partial charge in [-0.25, -0.2) is 0 Å². The smallest absolute Gasteiger partial charge is 0.228 e. The van der Waals surface area contributed by atoms with Gasteiger partial charge >= 0.3 is 0 Å². The molecule has 4 nitrogen and oxygen atoms in total. The third kappa shape index (κ3) is 2.33. The molecule has 0 radical (unpaired) electrons. The van der Waals surface area contributed by atoms with Gasteiger partial charge in [-0.2, -0.15) is 0 Å². The highest BCUT2D eigenvalue weighted by molar-refractivity contribution is 9.10. The minimum absolute atomic E-state index is 0.0587. The summed E-state index contributed by atoms with van der Waals surface area (Å²) < 4.78 is 0.770. The lowest BCUT2D eigenvalue weighted by Gasteiger charge is -2.16. The molecular weight excluding hydrogens is 346 g/mol. The molecule has 2 aromatic carbocycles. The van der Waals surface area contributed by atoms with Gasteiger partial charge in [0.2, 0.25) is 11.7 Å². The van der Waals surface area contributed by atoms with Gasteiger partial charge in [0.1, 0.15) is 5.75 Å². The first kappa shape index (κ1) is 14.5. The van der Waals surface area contributed by atoms with Crippen molar-refractivity contribution in [1.29, 1.82) is 0 Å². The summed E-state index contributed by atoms with van der Waals surface area (Å²) >= 11 is 3.33. The Morgan fingerprint density at radius 2 is 1.95 bits per heavy atom. The third-order valence-corrected chi connectivity index (χ3v) is 3.95. The Labute approximate surface area is 135 Å². The molecule has 0 saturated heterocycles. The predicted molar refractivity (Wildman–Crippen MR) is 87.7 cm³/mol. The molecule has 0 atom stereocenters. The lowest BCUT2D eigenvalue weighted by atomic mass is 10.1. The second-order valence-electron chi connectivity index (χ2n) is 4.93. The second kappa shape index (κ2) is 5.42. The highest BCUT2D eigenvalue weighted by Gasteiger charge is 2.34. The molecule has 1 aliphatic heterocycles. The van der Waals surface area contributed by atoms with E-state index >= 15 is 0 Å². The van der Waals surface area contributed by atoms with Gasteiger partial charge in [0.05, 0.1) is 11.4 Å². The van der Waals surface area contributed by atoms with E-state index in [1.54, 1.807) is 36.4 Å². The van der Waals surface area contributed by atoms with Crippen LogP contribution in [-0.4, -0.2) is 16.8 Å². The number of halogens is 1. The maximum Gasteiger partial charge on any atom is 0.228 e. The van der Waals surface area contributed by atoms with Crippen LogP contribution in [0.1, 0.15) is 22.8 Å². The summed E-state index contributed by atoms with van der Waals surface area (Å²) in [6, 6.07) is 11.9. The van der Waals surface area contributed by atoms with Crippen molar-refractivity contribution < 1.29 is 14.7 Å². The van der Waals surface area contributed by atoms with Crippen LogP contribution in [0.25, 0.3) is 6.08 Å². The van der Waals surface area contributed by atoms with Crippen LogP contribution in [0, 0.1) is 0 Å². The van der Waals surface area contributed by atoms with E-state index in [0.717, 1.165) is 4.47 Å². The number of anilines is 1. The van der Waals surface area contributed by atoms with Crippen LogP contribution >= 0.6 is 15.9 Å². The number of nitrogens with zero attached hydrogens (tertiary/aromatic N) is 1. The number of phenols is 1. The van der Waals surface area contributed by atoms with Crippen molar-refractivity contribution in [2.45, 2.75) is 6.92 Å². The van der Waals surface area contributed by atoms with Gasteiger partial charge in [-0.3, -0.25) is 14.5 Å². The van der Waals surface area contributed by atoms with Gasteiger partial charge in [-0.1, -0.05) is 34.1 Å². The Balaban J connectivity index is 2.18. The normalized spacial score (nSPS) is 15.3. The first-order valence-electron chi connectivity index (χ1n) is 6.63. The van der Waals surface area contributed by atoms with Crippen LogP contribution in [0.3, 0.4) is 0 Å². The van der Waals surface area contributed by atoms with Crippen molar-refractivity contribution in [3.05, 3.63) is 63.8 Å². The first-order valence-corrected chi connectivity index (χ1v) is 7.43. The molecule has 0 aliphatic carbocycles. The van der Waals surface area contributed by atoms with E-state index in [1.165, 1.54) is 24.0 Å². The molecule has 1 amide bonds. The Bertz CT molecular complexity index is 826. The molecule has 0 fully saturated rings. The number of hydrogen-bond donors (Lipinski definition) is 1. The number of carbonyl (C=O) groups excluding carboxylic acids is 2. The Morgan fingerprint density at radius 1 is 1.23 bits per heavy atom. The zero-order valence-electron chi connectivity index (χ0n) is 11.7. The second-order valence-corrected chi connectivity index (χ2v) is 5.85. The zero-order valence-corrected chi connectivity index (χ0v) is 13.3. The van der Waals surface area contributed by atoms with E-state index in [9.17, 15) is 14.7 Å². The largest absolute Gasteiger partial charge is 0.507 e. The maximum atomic E-state index is 12.6. The summed E-state index contributed by atoms with van der Waals surface area (Å²) in [6.07, 6.45) is 1.53. The third-order valence-electron chi connectivity index (χ3n) is 3.46. The summed E-state index contributed by atoms with van der Waals surface area (Å²) in [5.74, 6) is -0.436. The molecule has 0 unspecified atom stereocenters. The van der Waals surface area contributed by atoms with Crippen LogP contribution in [-0.2, 0) is 4.79 Å². The average molecular weight is 358 g/mol. The van der Waals surface area contributed by atoms with E-state index in [0.29, 0.717) is 16.8 Å². The van der Waals surface area contributed by atoms with E-state index in [-0.39, 0.29) is 23.1 Å². The van der Waals surface area contributed by atoms with Gasteiger partial charge in [-0.05, 0) is 30.3 Å². The van der Waals surface area contributed by atoms with Gasteiger partial charge in [0, 0.05) is 22.5 Å². The molecule has 110 valence electrons. The Hall–Kier alpha value is -2.40. The van der Waals surface area contributed by atoms with E-state index in [1.807, 2.05) is 0 Å². The lowest BCUT2D eigenvalue weighted by Crippen LogP contribution is -2.25. The molecule has 2 aromatic rings. The SMILES string of the molecule is CC(=O)N1C(=Cc2ccccc2O)C(=O)c2cc(Br)ccc21. The van der Waals surface area contributed by atoms with E-state index < -0.39 is 0 Å². The van der Waals surface area contributed by atoms with Gasteiger partial charge in [0.25, 0.3) is 0 Å². The number of amides is 1. The number of fused-ring (bicyclic) bond motifs is 1. The van der Waals surface area contributed by atoms with Crippen molar-refractivity contribution in [3.8, 4) is 5.75 Å². The van der Waals surface area contributed by atoms with Crippen LogP contribution in [0.15, 0.2) is 52.6 Å². The average Bonchev–Trinajstić information content (AvgIpc) is 2.74. The quantitative estimate of drug-likeness (QED) is 0.790. The Morgan fingerprint density at radius 3 is 2.64 bits per heavy atom.